The van der Waals surface area contributed by atoms with Crippen LogP contribution in [0.3, 0.4) is 0 Å². The van der Waals surface area contributed by atoms with Crippen molar-refractivity contribution in [2.75, 3.05) is 14.2 Å². The number of benzene rings is 4. The average molecular weight is 803 g/mol. The summed E-state index contributed by atoms with van der Waals surface area (Å²) in [5, 5.41) is 5.13. The fourth-order valence-corrected chi connectivity index (χ4v) is 6.30. The molecule has 50 heavy (non-hydrogen) atoms. The first-order chi connectivity index (χ1) is 22.8. The van der Waals surface area contributed by atoms with E-state index in [2.05, 4.69) is 152 Å². The Bertz CT molecular complexity index is 1860. The number of methoxy groups -OCH3 is 2. The van der Waals surface area contributed by atoms with Gasteiger partial charge >= 0.3 is 26.2 Å². The van der Waals surface area contributed by atoms with E-state index >= 15 is 0 Å². The fraction of sp³-hybridized carbons (Fsp3) is 0.318. The molecule has 0 bridgehead atoms. The number of rotatable bonds is 4. The quantitative estimate of drug-likeness (QED) is 0.100. The molecule has 6 aromatic rings. The minimum absolute atomic E-state index is 0. The molecule has 0 N–H and O–H groups in total. The van der Waals surface area contributed by atoms with E-state index in [1.165, 1.54) is 66.1 Å². The van der Waals surface area contributed by atoms with Crippen LogP contribution in [0.4, 0.5) is 0 Å². The van der Waals surface area contributed by atoms with Gasteiger partial charge in [-0.1, -0.05) is 116 Å². The molecule has 262 valence electrons. The first-order valence-corrected chi connectivity index (χ1v) is 21.9. The van der Waals surface area contributed by atoms with E-state index in [0.717, 1.165) is 11.5 Å². The summed E-state index contributed by atoms with van der Waals surface area (Å²) in [7, 11) is 3.55. The summed E-state index contributed by atoms with van der Waals surface area (Å²) in [6, 6.07) is 34.7. The summed E-state index contributed by atoms with van der Waals surface area (Å²) < 4.78 is 11.7. The minimum atomic E-state index is -1.67. The molecule has 0 heterocycles. The van der Waals surface area contributed by atoms with Crippen LogP contribution in [-0.2, 0) is 37.0 Å². The third-order valence-electron chi connectivity index (χ3n) is 8.36. The van der Waals surface area contributed by atoms with E-state index in [1.54, 1.807) is 14.2 Å². The van der Waals surface area contributed by atoms with Crippen molar-refractivity contribution >= 4 is 50.4 Å². The van der Waals surface area contributed by atoms with E-state index in [9.17, 15) is 0 Å². The van der Waals surface area contributed by atoms with Gasteiger partial charge in [0.25, 0.3) is 0 Å². The third kappa shape index (κ3) is 10.3. The molecular weight excluding hydrogens is 751 g/mol. The van der Waals surface area contributed by atoms with Crippen molar-refractivity contribution in [3.63, 3.8) is 0 Å². The van der Waals surface area contributed by atoms with Crippen LogP contribution in [0.5, 0.6) is 11.5 Å². The topological polar surface area (TPSA) is 18.5 Å². The molecule has 0 atom stereocenters. The van der Waals surface area contributed by atoms with E-state index in [-0.39, 0.29) is 37.0 Å². The predicted octanol–water partition coefficient (Wildman–Crippen LogP) is 13.8. The van der Waals surface area contributed by atoms with Gasteiger partial charge in [0.15, 0.2) is 0 Å². The molecule has 0 unspecified atom stereocenters. The van der Waals surface area contributed by atoms with Crippen molar-refractivity contribution in [1.82, 2.24) is 0 Å². The van der Waals surface area contributed by atoms with Gasteiger partial charge in [0.05, 0.1) is 14.2 Å². The van der Waals surface area contributed by atoms with Gasteiger partial charge < -0.3 is 9.47 Å². The van der Waals surface area contributed by atoms with Crippen LogP contribution in [0.15, 0.2) is 97.1 Å². The maximum absolute atomic E-state index is 5.87. The number of fused-ring (bicyclic) bond motifs is 2. The van der Waals surface area contributed by atoms with Gasteiger partial charge in [-0.05, 0) is 57.3 Å². The van der Waals surface area contributed by atoms with Gasteiger partial charge in [-0.2, -0.15) is 12.1 Å². The van der Waals surface area contributed by atoms with Crippen LogP contribution in [0.1, 0.15) is 63.8 Å². The first-order valence-electron chi connectivity index (χ1n) is 16.9. The maximum atomic E-state index is 5.87. The standard InChI is InChI=1S/2C21H23O.C2H6Cl2Si.Zr/c2*1-14-11-16-13-18(21(2,3)4)20(22-5)19(17(16)12-14)15-9-7-6-8-10-15;1-5(2,3)4;/h2*6-13H,1-5H3;1-2H3;/q2*-1;;+2. The Morgan fingerprint density at radius 2 is 0.860 bits per heavy atom. The second kappa shape index (κ2) is 16.8. The fourth-order valence-electron chi connectivity index (χ4n) is 6.30. The number of halogens is 2. The number of hydrogen-bond acceptors (Lipinski definition) is 2. The molecular formula is C44H52Cl2O2SiZr. The second-order valence-corrected chi connectivity index (χ2v) is 24.2. The number of ether oxygens (including phenoxy) is 2. The number of aryl methyl sites for hydroxylation is 2. The first kappa shape index (κ1) is 41.8. The van der Waals surface area contributed by atoms with E-state index in [0.29, 0.717) is 0 Å². The van der Waals surface area contributed by atoms with Crippen molar-refractivity contribution in [2.24, 2.45) is 0 Å². The number of hydrogen-bond donors (Lipinski definition) is 0. The Labute approximate surface area is 330 Å². The monoisotopic (exact) mass is 800 g/mol. The SMILES string of the molecule is COc1c(C(C)(C)C)cc2[cH-]c(C)cc2c1-c1ccccc1.COc1c(C(C)(C)C)cc2[cH-]c(C)cc2c1-c1ccccc1.C[Si](C)(Cl)Cl.[Zr+2]. The van der Waals surface area contributed by atoms with E-state index in [1.807, 2.05) is 13.1 Å². The summed E-state index contributed by atoms with van der Waals surface area (Å²) in [6.45, 7) is 19.8. The summed E-state index contributed by atoms with van der Waals surface area (Å²) >= 11 is 10.9. The summed E-state index contributed by atoms with van der Waals surface area (Å²) in [5.41, 5.74) is 10.0. The van der Waals surface area contributed by atoms with Gasteiger partial charge in [0.1, 0.15) is 11.5 Å². The van der Waals surface area contributed by atoms with Gasteiger partial charge in [-0.15, -0.1) is 79.1 Å². The molecule has 2 nitrogen and oxygen atoms in total. The summed E-state index contributed by atoms with van der Waals surface area (Å²) in [6.07, 6.45) is 0. The van der Waals surface area contributed by atoms with Crippen molar-refractivity contribution in [3.05, 3.63) is 119 Å². The van der Waals surface area contributed by atoms with Gasteiger partial charge in [0.2, 0.25) is 6.69 Å². The Morgan fingerprint density at radius 3 is 1.12 bits per heavy atom. The zero-order valence-corrected chi connectivity index (χ0v) is 36.8. The predicted molar refractivity (Wildman–Crippen MR) is 219 cm³/mol. The van der Waals surface area contributed by atoms with Crippen LogP contribution >= 0.6 is 22.2 Å². The van der Waals surface area contributed by atoms with Crippen LogP contribution in [0.25, 0.3) is 43.8 Å². The van der Waals surface area contributed by atoms with Crippen LogP contribution in [0.2, 0.25) is 13.1 Å². The smallest absolute Gasteiger partial charge is 0.498 e. The maximum Gasteiger partial charge on any atom is 2.00 e. The molecule has 0 spiro atoms. The second-order valence-electron chi connectivity index (χ2n) is 15.3. The van der Waals surface area contributed by atoms with Crippen molar-refractivity contribution in [1.29, 1.82) is 0 Å². The van der Waals surface area contributed by atoms with Crippen LogP contribution < -0.4 is 9.47 Å². The molecule has 6 heteroatoms. The summed E-state index contributed by atoms with van der Waals surface area (Å²) in [4.78, 5) is 0. The normalized spacial score (nSPS) is 11.6. The zero-order chi connectivity index (χ0) is 36.3. The largest absolute Gasteiger partial charge is 2.00 e. The van der Waals surface area contributed by atoms with Crippen LogP contribution in [0, 0.1) is 13.8 Å². The molecule has 0 fully saturated rings. The molecule has 0 amide bonds. The molecule has 0 saturated carbocycles. The van der Waals surface area contributed by atoms with Crippen molar-refractivity contribution in [3.8, 4) is 33.8 Å². The van der Waals surface area contributed by atoms with Gasteiger partial charge in [-0.3, -0.25) is 0 Å². The van der Waals surface area contributed by atoms with Gasteiger partial charge in [0, 0.05) is 0 Å². The molecule has 0 aliphatic rings. The van der Waals surface area contributed by atoms with Crippen LogP contribution in [-0.4, -0.2) is 20.9 Å². The Morgan fingerprint density at radius 1 is 0.560 bits per heavy atom. The minimum Gasteiger partial charge on any atom is -0.498 e. The van der Waals surface area contributed by atoms with Crippen molar-refractivity contribution in [2.45, 2.75) is 79.3 Å². The molecule has 6 rings (SSSR count). The molecule has 0 aliphatic heterocycles. The molecule has 0 radical (unpaired) electrons. The Hall–Kier alpha value is -2.62. The van der Waals surface area contributed by atoms with E-state index in [4.69, 9.17) is 31.6 Å². The summed E-state index contributed by atoms with van der Waals surface area (Å²) in [5.74, 6) is 1.99. The molecule has 0 aliphatic carbocycles. The van der Waals surface area contributed by atoms with E-state index < -0.39 is 6.69 Å². The third-order valence-corrected chi connectivity index (χ3v) is 8.36. The molecule has 6 aromatic carbocycles. The Balaban J connectivity index is 0.000000234. The van der Waals surface area contributed by atoms with Gasteiger partial charge in [-0.25, -0.2) is 0 Å². The zero-order valence-electron chi connectivity index (χ0n) is 31.8. The average Bonchev–Trinajstić information content (AvgIpc) is 3.58. The molecule has 0 saturated heterocycles. The molecule has 0 aromatic heterocycles. The Kier molecular flexibility index (Phi) is 14.1. The van der Waals surface area contributed by atoms with Crippen molar-refractivity contribution < 1.29 is 35.7 Å².